The van der Waals surface area contributed by atoms with E-state index in [1.165, 1.54) is 0 Å². The second-order valence-corrected chi connectivity index (χ2v) is 7.47. The predicted molar refractivity (Wildman–Crippen MR) is 107 cm³/mol. The van der Waals surface area contributed by atoms with Crippen LogP contribution in [0, 0.1) is 5.92 Å². The molecule has 2 aliphatic heterocycles. The fourth-order valence-electron chi connectivity index (χ4n) is 3.63. The highest BCUT2D eigenvalue weighted by Gasteiger charge is 2.29. The van der Waals surface area contributed by atoms with Gasteiger partial charge in [0.05, 0.1) is 17.4 Å². The number of ether oxygens (including phenoxy) is 2. The van der Waals surface area contributed by atoms with Gasteiger partial charge in [0.1, 0.15) is 18.2 Å². The van der Waals surface area contributed by atoms with Gasteiger partial charge in [0, 0.05) is 39.2 Å². The number of aliphatic hydroxyl groups is 2. The van der Waals surface area contributed by atoms with E-state index in [2.05, 4.69) is 15.5 Å². The molecule has 0 spiro atoms. The lowest BCUT2D eigenvalue weighted by molar-refractivity contribution is 0.0201. The second kappa shape index (κ2) is 9.65. The molecule has 1 aromatic carbocycles. The standard InChI is InChI=1S/C19H28ClN3O5/c1-21-14-9-13(17-18(16(14)20)28-8-7-27-17)19(26)22-10-12-3-5-23(4-2-6-24)11-15(12)25/h9,12,15,21,24-25H,2-8,10-11H2,1H3,(H,22,26)/t12-,15?/m0/s1. The van der Waals surface area contributed by atoms with Gasteiger partial charge in [0.25, 0.3) is 5.91 Å². The number of amides is 1. The number of anilines is 1. The van der Waals surface area contributed by atoms with Crippen LogP contribution in [0.5, 0.6) is 11.5 Å². The van der Waals surface area contributed by atoms with Gasteiger partial charge in [-0.15, -0.1) is 0 Å². The summed E-state index contributed by atoms with van der Waals surface area (Å²) >= 11 is 6.32. The minimum Gasteiger partial charge on any atom is -0.485 e. The lowest BCUT2D eigenvalue weighted by atomic mass is 9.93. The smallest absolute Gasteiger partial charge is 0.255 e. The van der Waals surface area contributed by atoms with Crippen molar-refractivity contribution in [1.82, 2.24) is 10.2 Å². The average molecular weight is 414 g/mol. The van der Waals surface area contributed by atoms with Gasteiger partial charge < -0.3 is 35.2 Å². The molecule has 1 fully saturated rings. The van der Waals surface area contributed by atoms with Crippen molar-refractivity contribution in [3.05, 3.63) is 16.7 Å². The summed E-state index contributed by atoms with van der Waals surface area (Å²) in [5.74, 6) is 0.428. The summed E-state index contributed by atoms with van der Waals surface area (Å²) in [4.78, 5) is 15.0. The molecule has 0 bridgehead atoms. The number of fused-ring (bicyclic) bond motifs is 1. The molecule has 2 atom stereocenters. The van der Waals surface area contributed by atoms with E-state index >= 15 is 0 Å². The highest BCUT2D eigenvalue weighted by atomic mass is 35.5. The van der Waals surface area contributed by atoms with Crippen LogP contribution in [0.3, 0.4) is 0 Å². The maximum atomic E-state index is 12.8. The van der Waals surface area contributed by atoms with E-state index in [1.54, 1.807) is 13.1 Å². The first kappa shape index (κ1) is 21.0. The number of carbonyl (C=O) groups excluding carboxylic acids is 1. The van der Waals surface area contributed by atoms with Crippen LogP contribution in [0.1, 0.15) is 23.2 Å². The molecule has 3 rings (SSSR count). The minimum absolute atomic E-state index is 0.0154. The van der Waals surface area contributed by atoms with Crippen molar-refractivity contribution in [2.45, 2.75) is 18.9 Å². The molecule has 4 N–H and O–H groups in total. The van der Waals surface area contributed by atoms with Crippen molar-refractivity contribution in [3.63, 3.8) is 0 Å². The average Bonchev–Trinajstić information content (AvgIpc) is 2.71. The Kier molecular flexibility index (Phi) is 7.23. The Morgan fingerprint density at radius 2 is 2.11 bits per heavy atom. The van der Waals surface area contributed by atoms with Crippen LogP contribution < -0.4 is 20.1 Å². The monoisotopic (exact) mass is 413 g/mol. The van der Waals surface area contributed by atoms with Crippen molar-refractivity contribution in [1.29, 1.82) is 0 Å². The largest absolute Gasteiger partial charge is 0.485 e. The second-order valence-electron chi connectivity index (χ2n) is 7.09. The molecular weight excluding hydrogens is 386 g/mol. The Balaban J connectivity index is 1.64. The van der Waals surface area contributed by atoms with Gasteiger partial charge in [-0.3, -0.25) is 4.79 Å². The molecule has 28 heavy (non-hydrogen) atoms. The SMILES string of the molecule is CNc1cc(C(=O)NC[C@@H]2CCN(CCCO)CC2O)c2c(c1Cl)OCCO2. The van der Waals surface area contributed by atoms with Crippen LogP contribution in [-0.4, -0.2) is 80.2 Å². The molecular formula is C19H28ClN3O5. The molecule has 1 aromatic rings. The summed E-state index contributed by atoms with van der Waals surface area (Å²) in [7, 11) is 1.72. The van der Waals surface area contributed by atoms with Crippen molar-refractivity contribution in [2.75, 3.05) is 58.4 Å². The van der Waals surface area contributed by atoms with Crippen molar-refractivity contribution < 1.29 is 24.5 Å². The number of benzene rings is 1. The molecule has 1 amide bonds. The molecule has 1 unspecified atom stereocenters. The first-order valence-electron chi connectivity index (χ1n) is 9.64. The van der Waals surface area contributed by atoms with Gasteiger partial charge in [-0.25, -0.2) is 0 Å². The number of hydrogen-bond donors (Lipinski definition) is 4. The maximum absolute atomic E-state index is 12.8. The number of piperidine rings is 1. The third kappa shape index (κ3) is 4.63. The summed E-state index contributed by atoms with van der Waals surface area (Å²) in [6, 6.07) is 1.65. The van der Waals surface area contributed by atoms with Crippen LogP contribution in [0.2, 0.25) is 5.02 Å². The van der Waals surface area contributed by atoms with Crippen LogP contribution in [0.25, 0.3) is 0 Å². The lowest BCUT2D eigenvalue weighted by Gasteiger charge is -2.36. The normalized spacial score (nSPS) is 22.0. The Morgan fingerprint density at radius 1 is 1.36 bits per heavy atom. The van der Waals surface area contributed by atoms with Gasteiger partial charge >= 0.3 is 0 Å². The fraction of sp³-hybridized carbons (Fsp3) is 0.632. The van der Waals surface area contributed by atoms with Gasteiger partial charge in [-0.2, -0.15) is 0 Å². The first-order valence-corrected chi connectivity index (χ1v) is 10.0. The number of nitrogens with zero attached hydrogens (tertiary/aromatic N) is 1. The quantitative estimate of drug-likeness (QED) is 0.527. The van der Waals surface area contributed by atoms with Crippen LogP contribution in [-0.2, 0) is 0 Å². The number of aliphatic hydroxyl groups excluding tert-OH is 2. The number of hydrogen-bond acceptors (Lipinski definition) is 7. The van der Waals surface area contributed by atoms with Gasteiger partial charge in [-0.1, -0.05) is 11.6 Å². The number of nitrogens with one attached hydrogen (secondary N) is 2. The van der Waals surface area contributed by atoms with Crippen molar-refractivity contribution >= 4 is 23.2 Å². The van der Waals surface area contributed by atoms with Gasteiger partial charge in [0.15, 0.2) is 11.5 Å². The van der Waals surface area contributed by atoms with Crippen LogP contribution in [0.4, 0.5) is 5.69 Å². The number of β-amino-alcohol motifs (C(OH)–C–C–N with tert-alkyl or cyclic N) is 1. The fourth-order valence-corrected chi connectivity index (χ4v) is 3.92. The van der Waals surface area contributed by atoms with Gasteiger partial charge in [-0.05, 0) is 25.5 Å². The van der Waals surface area contributed by atoms with E-state index in [4.69, 9.17) is 26.2 Å². The van der Waals surface area contributed by atoms with Crippen molar-refractivity contribution in [3.8, 4) is 11.5 Å². The summed E-state index contributed by atoms with van der Waals surface area (Å²) < 4.78 is 11.2. The lowest BCUT2D eigenvalue weighted by Crippen LogP contribution is -2.48. The van der Waals surface area contributed by atoms with E-state index in [1.807, 2.05) is 0 Å². The minimum atomic E-state index is -0.515. The summed E-state index contributed by atoms with van der Waals surface area (Å²) in [6.45, 7) is 3.43. The topological polar surface area (TPSA) is 103 Å². The van der Waals surface area contributed by atoms with E-state index in [0.29, 0.717) is 60.5 Å². The highest BCUT2D eigenvalue weighted by Crippen LogP contribution is 2.44. The predicted octanol–water partition coefficient (Wildman–Crippen LogP) is 0.948. The summed E-state index contributed by atoms with van der Waals surface area (Å²) in [5.41, 5.74) is 0.951. The zero-order valence-corrected chi connectivity index (χ0v) is 16.8. The highest BCUT2D eigenvalue weighted by molar-refractivity contribution is 6.35. The third-order valence-electron chi connectivity index (χ3n) is 5.23. The Bertz CT molecular complexity index is 703. The zero-order valence-electron chi connectivity index (χ0n) is 16.0. The molecule has 0 aromatic heterocycles. The first-order chi connectivity index (χ1) is 13.5. The summed E-state index contributed by atoms with van der Waals surface area (Å²) in [6.07, 6.45) is 0.970. The van der Waals surface area contributed by atoms with Crippen molar-refractivity contribution in [2.24, 2.45) is 5.92 Å². The molecule has 0 saturated carbocycles. The molecule has 2 heterocycles. The maximum Gasteiger partial charge on any atom is 0.255 e. The zero-order chi connectivity index (χ0) is 20.1. The van der Waals surface area contributed by atoms with E-state index in [9.17, 15) is 9.90 Å². The molecule has 9 heteroatoms. The molecule has 2 aliphatic rings. The van der Waals surface area contributed by atoms with E-state index < -0.39 is 6.10 Å². The molecule has 0 radical (unpaired) electrons. The van der Waals surface area contributed by atoms with E-state index in [-0.39, 0.29) is 18.4 Å². The summed E-state index contributed by atoms with van der Waals surface area (Å²) in [5, 5.41) is 25.6. The molecule has 156 valence electrons. The molecule has 8 nitrogen and oxygen atoms in total. The van der Waals surface area contributed by atoms with Gasteiger partial charge in [0.2, 0.25) is 0 Å². The van der Waals surface area contributed by atoms with Crippen LogP contribution >= 0.6 is 11.6 Å². The van der Waals surface area contributed by atoms with Crippen LogP contribution in [0.15, 0.2) is 6.07 Å². The molecule has 0 aliphatic carbocycles. The Morgan fingerprint density at radius 3 is 2.79 bits per heavy atom. The molecule has 1 saturated heterocycles. The van der Waals surface area contributed by atoms with E-state index in [0.717, 1.165) is 19.5 Å². The number of rotatable bonds is 7. The number of carbonyl (C=O) groups is 1. The number of halogens is 1. The Hall–Kier alpha value is -1.74. The third-order valence-corrected chi connectivity index (χ3v) is 5.60. The Labute approximate surface area is 169 Å². The number of likely N-dealkylation sites (tertiary alicyclic amines) is 1.